The van der Waals surface area contributed by atoms with E-state index in [0.717, 1.165) is 19.3 Å². The maximum Gasteiger partial charge on any atom is 0.320 e. The van der Waals surface area contributed by atoms with Crippen LogP contribution in [0.1, 0.15) is 46.5 Å². The monoisotopic (exact) mass is 231 g/mol. The van der Waals surface area contributed by atoms with Crippen LogP contribution in [0, 0.1) is 0 Å². The minimum atomic E-state index is -0.776. The molecule has 0 aromatic carbocycles. The largest absolute Gasteiger partial charge is 0.480 e. The summed E-state index contributed by atoms with van der Waals surface area (Å²) in [6, 6.07) is -0.207. The Labute approximate surface area is 98.3 Å². The van der Waals surface area contributed by atoms with Crippen LogP contribution in [0.15, 0.2) is 0 Å². The Kier molecular flexibility index (Phi) is 8.21. The lowest BCUT2D eigenvalue weighted by molar-refractivity contribution is -0.145. The average molecular weight is 231 g/mol. The standard InChI is InChI=1S/C12H25NO3/c1-4-7-11(12(15)16)13(8-9-14)10(5-2)6-3/h10-11,14H,4-9H2,1-3H3,(H,15,16). The van der Waals surface area contributed by atoms with Crippen LogP contribution in [-0.2, 0) is 4.79 Å². The predicted octanol–water partition coefficient (Wildman–Crippen LogP) is 1.72. The van der Waals surface area contributed by atoms with Crippen LogP contribution in [0.3, 0.4) is 0 Å². The number of rotatable bonds is 9. The Morgan fingerprint density at radius 2 is 1.81 bits per heavy atom. The van der Waals surface area contributed by atoms with E-state index in [0.29, 0.717) is 13.0 Å². The molecule has 0 aromatic heterocycles. The molecule has 4 nitrogen and oxygen atoms in total. The van der Waals surface area contributed by atoms with Gasteiger partial charge in [0.25, 0.3) is 0 Å². The highest BCUT2D eigenvalue weighted by Gasteiger charge is 2.28. The Hall–Kier alpha value is -0.610. The van der Waals surface area contributed by atoms with Gasteiger partial charge in [0.15, 0.2) is 0 Å². The predicted molar refractivity (Wildman–Crippen MR) is 64.5 cm³/mol. The number of aliphatic hydroxyl groups is 1. The number of carboxylic acids is 1. The lowest BCUT2D eigenvalue weighted by atomic mass is 10.0. The normalized spacial score (nSPS) is 13.4. The van der Waals surface area contributed by atoms with E-state index in [2.05, 4.69) is 13.8 Å². The third-order valence-electron chi connectivity index (χ3n) is 3.02. The highest BCUT2D eigenvalue weighted by Crippen LogP contribution is 2.16. The third-order valence-corrected chi connectivity index (χ3v) is 3.02. The molecule has 0 saturated carbocycles. The summed E-state index contributed by atoms with van der Waals surface area (Å²) in [7, 11) is 0. The Morgan fingerprint density at radius 3 is 2.12 bits per heavy atom. The summed E-state index contributed by atoms with van der Waals surface area (Å²) < 4.78 is 0. The molecule has 0 saturated heterocycles. The molecular weight excluding hydrogens is 206 g/mol. The van der Waals surface area contributed by atoms with Gasteiger partial charge in [0.05, 0.1) is 6.61 Å². The third kappa shape index (κ3) is 4.49. The molecule has 0 spiro atoms. The molecule has 0 rings (SSSR count). The fourth-order valence-electron chi connectivity index (χ4n) is 2.17. The van der Waals surface area contributed by atoms with Crippen molar-refractivity contribution in [3.8, 4) is 0 Å². The molecule has 0 aliphatic carbocycles. The minimum Gasteiger partial charge on any atom is -0.480 e. The summed E-state index contributed by atoms with van der Waals surface area (Å²) in [5, 5.41) is 18.3. The number of nitrogens with zero attached hydrogens (tertiary/aromatic N) is 1. The van der Waals surface area contributed by atoms with Crippen molar-refractivity contribution in [3.05, 3.63) is 0 Å². The van der Waals surface area contributed by atoms with E-state index in [1.54, 1.807) is 0 Å². The second kappa shape index (κ2) is 8.53. The first-order valence-electron chi connectivity index (χ1n) is 6.21. The van der Waals surface area contributed by atoms with E-state index >= 15 is 0 Å². The lowest BCUT2D eigenvalue weighted by Crippen LogP contribution is -2.48. The van der Waals surface area contributed by atoms with Crippen LogP contribution in [-0.4, -0.2) is 46.3 Å². The molecule has 0 aliphatic rings. The van der Waals surface area contributed by atoms with Crippen LogP contribution < -0.4 is 0 Å². The molecule has 0 radical (unpaired) electrons. The molecular formula is C12H25NO3. The SMILES string of the molecule is CCCC(C(=O)O)N(CCO)C(CC)CC. The van der Waals surface area contributed by atoms with Crippen molar-refractivity contribution in [2.75, 3.05) is 13.2 Å². The van der Waals surface area contributed by atoms with Gasteiger partial charge in [-0.15, -0.1) is 0 Å². The highest BCUT2D eigenvalue weighted by atomic mass is 16.4. The number of aliphatic hydroxyl groups excluding tert-OH is 1. The van der Waals surface area contributed by atoms with Gasteiger partial charge in [-0.2, -0.15) is 0 Å². The summed E-state index contributed by atoms with van der Waals surface area (Å²) >= 11 is 0. The number of aliphatic carboxylic acids is 1. The van der Waals surface area contributed by atoms with Gasteiger partial charge in [-0.05, 0) is 19.3 Å². The molecule has 0 bridgehead atoms. The molecule has 16 heavy (non-hydrogen) atoms. The molecule has 96 valence electrons. The quantitative estimate of drug-likeness (QED) is 0.634. The van der Waals surface area contributed by atoms with E-state index in [-0.39, 0.29) is 12.6 Å². The van der Waals surface area contributed by atoms with Gasteiger partial charge in [-0.3, -0.25) is 9.69 Å². The van der Waals surface area contributed by atoms with Crippen molar-refractivity contribution in [2.45, 2.75) is 58.5 Å². The van der Waals surface area contributed by atoms with E-state index in [1.807, 2.05) is 11.8 Å². The van der Waals surface area contributed by atoms with Crippen molar-refractivity contribution >= 4 is 5.97 Å². The van der Waals surface area contributed by atoms with E-state index in [1.165, 1.54) is 0 Å². The van der Waals surface area contributed by atoms with Gasteiger partial charge in [0.1, 0.15) is 6.04 Å². The topological polar surface area (TPSA) is 60.8 Å². The summed E-state index contributed by atoms with van der Waals surface area (Å²) in [5.74, 6) is -0.776. The smallest absolute Gasteiger partial charge is 0.320 e. The minimum absolute atomic E-state index is 0.0179. The van der Waals surface area contributed by atoms with Gasteiger partial charge in [0, 0.05) is 12.6 Å². The molecule has 1 atom stereocenters. The second-order valence-electron chi connectivity index (χ2n) is 4.07. The summed E-state index contributed by atoms with van der Waals surface area (Å²) in [6.45, 7) is 6.57. The van der Waals surface area contributed by atoms with Gasteiger partial charge in [-0.1, -0.05) is 27.2 Å². The zero-order chi connectivity index (χ0) is 12.6. The van der Waals surface area contributed by atoms with E-state index < -0.39 is 12.0 Å². The van der Waals surface area contributed by atoms with Crippen LogP contribution >= 0.6 is 0 Å². The molecule has 0 aliphatic heterocycles. The maximum absolute atomic E-state index is 11.2. The Balaban J connectivity index is 4.73. The molecule has 4 heteroatoms. The zero-order valence-corrected chi connectivity index (χ0v) is 10.6. The van der Waals surface area contributed by atoms with Crippen molar-refractivity contribution in [3.63, 3.8) is 0 Å². The fraction of sp³-hybridized carbons (Fsp3) is 0.917. The molecule has 1 unspecified atom stereocenters. The number of carboxylic acid groups (broad SMARTS) is 1. The van der Waals surface area contributed by atoms with Crippen molar-refractivity contribution < 1.29 is 15.0 Å². The zero-order valence-electron chi connectivity index (χ0n) is 10.6. The first-order chi connectivity index (χ1) is 7.62. The first kappa shape index (κ1) is 15.4. The second-order valence-corrected chi connectivity index (χ2v) is 4.07. The van der Waals surface area contributed by atoms with Crippen LogP contribution in [0.5, 0.6) is 0 Å². The summed E-state index contributed by atoms with van der Waals surface area (Å²) in [6.07, 6.45) is 3.33. The summed E-state index contributed by atoms with van der Waals surface area (Å²) in [5.41, 5.74) is 0. The van der Waals surface area contributed by atoms with Gasteiger partial charge in [-0.25, -0.2) is 0 Å². The molecule has 0 heterocycles. The molecule has 0 aromatic rings. The molecule has 2 N–H and O–H groups in total. The van der Waals surface area contributed by atoms with Crippen molar-refractivity contribution in [1.29, 1.82) is 0 Å². The van der Waals surface area contributed by atoms with Crippen LogP contribution in [0.4, 0.5) is 0 Å². The lowest BCUT2D eigenvalue weighted by Gasteiger charge is -2.34. The van der Waals surface area contributed by atoms with E-state index in [9.17, 15) is 9.90 Å². The number of hydrogen-bond donors (Lipinski definition) is 2. The van der Waals surface area contributed by atoms with Crippen molar-refractivity contribution in [2.24, 2.45) is 0 Å². The average Bonchev–Trinajstić information content (AvgIpc) is 2.26. The maximum atomic E-state index is 11.2. The Bertz CT molecular complexity index is 193. The van der Waals surface area contributed by atoms with Crippen LogP contribution in [0.25, 0.3) is 0 Å². The molecule has 0 fully saturated rings. The Morgan fingerprint density at radius 1 is 1.25 bits per heavy atom. The highest BCUT2D eigenvalue weighted by molar-refractivity contribution is 5.73. The van der Waals surface area contributed by atoms with Gasteiger partial charge < -0.3 is 10.2 Å². The van der Waals surface area contributed by atoms with Gasteiger partial charge >= 0.3 is 5.97 Å². The van der Waals surface area contributed by atoms with Gasteiger partial charge in [0.2, 0.25) is 0 Å². The van der Waals surface area contributed by atoms with Crippen molar-refractivity contribution in [1.82, 2.24) is 4.90 Å². The number of carbonyl (C=O) groups is 1. The fourth-order valence-corrected chi connectivity index (χ4v) is 2.17. The first-order valence-corrected chi connectivity index (χ1v) is 6.21. The number of hydrogen-bond acceptors (Lipinski definition) is 3. The molecule has 0 amide bonds. The van der Waals surface area contributed by atoms with Crippen LogP contribution in [0.2, 0.25) is 0 Å². The summed E-state index contributed by atoms with van der Waals surface area (Å²) in [4.78, 5) is 13.2. The van der Waals surface area contributed by atoms with E-state index in [4.69, 9.17) is 5.11 Å².